The van der Waals surface area contributed by atoms with Gasteiger partial charge in [-0.25, -0.2) is 0 Å². The number of halogens is 1. The molecule has 1 aliphatic rings. The topological polar surface area (TPSA) is 65.8 Å². The quantitative estimate of drug-likeness (QED) is 0.592. The van der Waals surface area contributed by atoms with Gasteiger partial charge in [0.25, 0.3) is 0 Å². The highest BCUT2D eigenvalue weighted by Crippen LogP contribution is 2.44. The summed E-state index contributed by atoms with van der Waals surface area (Å²) >= 11 is 5.89. The Bertz CT molecular complexity index is 1060. The molecule has 0 unspecified atom stereocenters. The summed E-state index contributed by atoms with van der Waals surface area (Å²) in [7, 11) is 0. The Labute approximate surface area is 175 Å². The lowest BCUT2D eigenvalue weighted by molar-refractivity contribution is -0.117. The Morgan fingerprint density at radius 3 is 2.59 bits per heavy atom. The molecule has 1 heterocycles. The largest absolute Gasteiger partial charge is 0.326 e. The highest BCUT2D eigenvalue weighted by Gasteiger charge is 2.38. The van der Waals surface area contributed by atoms with Gasteiger partial charge in [0.05, 0.1) is 17.0 Å². The fraction of sp³-hybridized carbons (Fsp3) is 0.292. The van der Waals surface area contributed by atoms with E-state index < -0.39 is 5.41 Å². The zero-order valence-corrected chi connectivity index (χ0v) is 16.8. The standard InChI is InChI=1S/C24H22ClN3O/c25-18-5-7-19(8-6-18)28-23(29)15-17-9-12-24(16-26,13-10-17)21-11-14-27-22-4-2-1-3-20(21)22/h1-8,11,14,17H,9-10,12-13,15H2,(H,28,29)/t17-,24-. The number of pyridine rings is 1. The van der Waals surface area contributed by atoms with E-state index in [1.54, 1.807) is 30.5 Å². The van der Waals surface area contributed by atoms with Gasteiger partial charge in [-0.1, -0.05) is 29.8 Å². The van der Waals surface area contributed by atoms with Crippen molar-refractivity contribution in [3.63, 3.8) is 0 Å². The third kappa shape index (κ3) is 4.11. The molecule has 4 nitrogen and oxygen atoms in total. The smallest absolute Gasteiger partial charge is 0.224 e. The highest BCUT2D eigenvalue weighted by molar-refractivity contribution is 6.30. The first-order valence-corrected chi connectivity index (χ1v) is 10.3. The number of benzene rings is 2. The molecule has 5 heteroatoms. The van der Waals surface area contributed by atoms with Crippen LogP contribution in [0.2, 0.25) is 5.02 Å². The van der Waals surface area contributed by atoms with Gasteiger partial charge in [-0.2, -0.15) is 5.26 Å². The first kappa shape index (κ1) is 19.4. The summed E-state index contributed by atoms with van der Waals surface area (Å²) in [6, 6.07) is 19.7. The van der Waals surface area contributed by atoms with E-state index in [9.17, 15) is 10.1 Å². The fourth-order valence-electron chi connectivity index (χ4n) is 4.34. The number of nitriles is 1. The van der Waals surface area contributed by atoms with E-state index in [-0.39, 0.29) is 11.8 Å². The zero-order chi connectivity index (χ0) is 20.3. The second-order valence-electron chi connectivity index (χ2n) is 7.77. The van der Waals surface area contributed by atoms with Crippen molar-refractivity contribution in [2.45, 2.75) is 37.5 Å². The summed E-state index contributed by atoms with van der Waals surface area (Å²) in [5.41, 5.74) is 2.23. The van der Waals surface area contributed by atoms with Crippen LogP contribution in [0.1, 0.15) is 37.7 Å². The Balaban J connectivity index is 1.44. The molecule has 2 aromatic carbocycles. The van der Waals surface area contributed by atoms with Gasteiger partial charge < -0.3 is 5.32 Å². The van der Waals surface area contributed by atoms with Crippen LogP contribution in [0.15, 0.2) is 60.8 Å². The van der Waals surface area contributed by atoms with Crippen LogP contribution in [0.5, 0.6) is 0 Å². The molecule has 0 radical (unpaired) electrons. The number of amides is 1. The molecule has 0 saturated heterocycles. The number of hydrogen-bond acceptors (Lipinski definition) is 3. The number of nitrogens with zero attached hydrogens (tertiary/aromatic N) is 2. The van der Waals surface area contributed by atoms with E-state index in [1.165, 1.54) is 0 Å². The molecule has 0 atom stereocenters. The third-order valence-electron chi connectivity index (χ3n) is 5.94. The molecule has 1 saturated carbocycles. The van der Waals surface area contributed by atoms with Crippen LogP contribution < -0.4 is 5.32 Å². The average Bonchev–Trinajstić information content (AvgIpc) is 2.76. The number of hydrogen-bond donors (Lipinski definition) is 1. The Kier molecular flexibility index (Phi) is 5.51. The minimum atomic E-state index is -0.508. The number of para-hydroxylation sites is 1. The van der Waals surface area contributed by atoms with Crippen LogP contribution in [0.25, 0.3) is 10.9 Å². The number of aromatic nitrogens is 1. The van der Waals surface area contributed by atoms with E-state index >= 15 is 0 Å². The van der Waals surface area contributed by atoms with Gasteiger partial charge in [-0.15, -0.1) is 0 Å². The highest BCUT2D eigenvalue weighted by atomic mass is 35.5. The van der Waals surface area contributed by atoms with Crippen molar-refractivity contribution in [1.82, 2.24) is 4.98 Å². The van der Waals surface area contributed by atoms with Gasteiger partial charge in [0, 0.05) is 28.7 Å². The Morgan fingerprint density at radius 2 is 1.86 bits per heavy atom. The van der Waals surface area contributed by atoms with Crippen molar-refractivity contribution in [2.24, 2.45) is 5.92 Å². The Hall–Kier alpha value is -2.90. The summed E-state index contributed by atoms with van der Waals surface area (Å²) in [6.45, 7) is 0. The van der Waals surface area contributed by atoms with Crippen LogP contribution in [0, 0.1) is 17.2 Å². The lowest BCUT2D eigenvalue weighted by Crippen LogP contribution is -2.32. The zero-order valence-electron chi connectivity index (χ0n) is 16.1. The molecule has 1 N–H and O–H groups in total. The molecule has 1 fully saturated rings. The van der Waals surface area contributed by atoms with E-state index in [2.05, 4.69) is 16.4 Å². The molecule has 146 valence electrons. The third-order valence-corrected chi connectivity index (χ3v) is 6.19. The van der Waals surface area contributed by atoms with Gasteiger partial charge >= 0.3 is 0 Å². The van der Waals surface area contributed by atoms with Crippen molar-refractivity contribution in [3.8, 4) is 6.07 Å². The van der Waals surface area contributed by atoms with Gasteiger partial charge in [0.2, 0.25) is 5.91 Å². The molecule has 1 amide bonds. The summed E-state index contributed by atoms with van der Waals surface area (Å²) in [6.07, 6.45) is 5.51. The number of anilines is 1. The van der Waals surface area contributed by atoms with Gasteiger partial charge in [0.1, 0.15) is 0 Å². The summed E-state index contributed by atoms with van der Waals surface area (Å²) in [5, 5.41) is 14.7. The monoisotopic (exact) mass is 403 g/mol. The molecule has 0 bridgehead atoms. The van der Waals surface area contributed by atoms with Crippen molar-refractivity contribution in [3.05, 3.63) is 71.4 Å². The number of rotatable bonds is 4. The molecule has 0 aliphatic heterocycles. The van der Waals surface area contributed by atoms with E-state index in [1.807, 2.05) is 30.3 Å². The predicted octanol–water partition coefficient (Wildman–Crippen LogP) is 5.87. The molecule has 1 aliphatic carbocycles. The number of carbonyl (C=O) groups is 1. The normalized spacial score (nSPS) is 21.4. The lowest BCUT2D eigenvalue weighted by Gasteiger charge is -2.35. The van der Waals surface area contributed by atoms with E-state index in [4.69, 9.17) is 11.6 Å². The first-order chi connectivity index (χ1) is 14.1. The summed E-state index contributed by atoms with van der Waals surface area (Å²) in [4.78, 5) is 16.9. The molecular weight excluding hydrogens is 382 g/mol. The minimum absolute atomic E-state index is 0.0103. The van der Waals surface area contributed by atoms with Crippen LogP contribution in [-0.2, 0) is 10.2 Å². The van der Waals surface area contributed by atoms with Crippen molar-refractivity contribution in [1.29, 1.82) is 5.26 Å². The molecule has 4 rings (SSSR count). The van der Waals surface area contributed by atoms with Crippen LogP contribution in [0.3, 0.4) is 0 Å². The predicted molar refractivity (Wildman–Crippen MR) is 116 cm³/mol. The average molecular weight is 404 g/mol. The maximum atomic E-state index is 12.4. The van der Waals surface area contributed by atoms with Gasteiger partial charge in [-0.05, 0) is 73.6 Å². The van der Waals surface area contributed by atoms with E-state index in [0.717, 1.165) is 47.8 Å². The van der Waals surface area contributed by atoms with Crippen molar-refractivity contribution >= 4 is 34.1 Å². The van der Waals surface area contributed by atoms with Crippen molar-refractivity contribution < 1.29 is 4.79 Å². The minimum Gasteiger partial charge on any atom is -0.326 e. The molecule has 29 heavy (non-hydrogen) atoms. The van der Waals surface area contributed by atoms with Crippen molar-refractivity contribution in [2.75, 3.05) is 5.32 Å². The molecule has 0 spiro atoms. The number of carbonyl (C=O) groups excluding carboxylic acids is 1. The maximum absolute atomic E-state index is 12.4. The molecule has 3 aromatic rings. The van der Waals surface area contributed by atoms with Crippen LogP contribution >= 0.6 is 11.6 Å². The second-order valence-corrected chi connectivity index (χ2v) is 8.21. The summed E-state index contributed by atoms with van der Waals surface area (Å²) in [5.74, 6) is 0.299. The number of fused-ring (bicyclic) bond motifs is 1. The number of nitrogens with one attached hydrogen (secondary N) is 1. The van der Waals surface area contributed by atoms with Crippen LogP contribution in [-0.4, -0.2) is 10.9 Å². The second kappa shape index (κ2) is 8.23. The van der Waals surface area contributed by atoms with E-state index in [0.29, 0.717) is 11.4 Å². The fourth-order valence-corrected chi connectivity index (χ4v) is 4.46. The van der Waals surface area contributed by atoms with Crippen LogP contribution in [0.4, 0.5) is 5.69 Å². The maximum Gasteiger partial charge on any atom is 0.224 e. The lowest BCUT2D eigenvalue weighted by atomic mass is 9.66. The molecular formula is C24H22ClN3O. The van der Waals surface area contributed by atoms with Gasteiger partial charge in [0.15, 0.2) is 0 Å². The SMILES string of the molecule is N#C[C@]1(c2ccnc3ccccc32)CC[C@H](CC(=O)Nc2ccc(Cl)cc2)CC1. The first-order valence-electron chi connectivity index (χ1n) is 9.90. The Morgan fingerprint density at radius 1 is 1.14 bits per heavy atom. The molecule has 1 aromatic heterocycles. The van der Waals surface area contributed by atoms with Gasteiger partial charge in [-0.3, -0.25) is 9.78 Å². The summed E-state index contributed by atoms with van der Waals surface area (Å²) < 4.78 is 0.